The van der Waals surface area contributed by atoms with E-state index in [4.69, 9.17) is 4.52 Å². The number of rotatable bonds is 5. The normalized spacial score (nSPS) is 18.2. The van der Waals surface area contributed by atoms with Crippen molar-refractivity contribution in [2.75, 3.05) is 24.5 Å². The number of nitrogens with zero attached hydrogens (tertiary/aromatic N) is 3. The maximum atomic E-state index is 4.86. The molecule has 2 aromatic rings. The summed E-state index contributed by atoms with van der Waals surface area (Å²) in [5.41, 5.74) is 3.42. The number of piperidine rings is 1. The number of aryl methyl sites for hydroxylation is 1. The Labute approximate surface area is 149 Å². The minimum Gasteiger partial charge on any atom is -0.369 e. The molecule has 25 heavy (non-hydrogen) atoms. The molecule has 1 aromatic heterocycles. The number of hydrogen-bond donors (Lipinski definition) is 2. The molecule has 1 unspecified atom stereocenters. The predicted octanol–water partition coefficient (Wildman–Crippen LogP) is 2.71. The second-order valence-corrected chi connectivity index (χ2v) is 6.45. The highest BCUT2D eigenvalue weighted by atomic mass is 16.5. The minimum absolute atomic E-state index is 0.380. The zero-order valence-corrected chi connectivity index (χ0v) is 15.0. The van der Waals surface area contributed by atoms with Crippen LogP contribution in [0.15, 0.2) is 46.1 Å². The standard InChI is InChI=1S/C19H27N5O/c1-3-20-19(21-13-16-10-12-25-23-16)22-17-5-4-11-24(14-17)18-8-6-15(2)7-9-18/h6-10,12,17H,3-5,11,13-14H2,1-2H3,(H2,20,21,22). The Morgan fingerprint density at radius 3 is 2.88 bits per heavy atom. The van der Waals surface area contributed by atoms with Crippen LogP contribution in [0.2, 0.25) is 0 Å². The van der Waals surface area contributed by atoms with E-state index in [1.54, 1.807) is 6.26 Å². The number of benzene rings is 1. The Morgan fingerprint density at radius 1 is 1.32 bits per heavy atom. The summed E-state index contributed by atoms with van der Waals surface area (Å²) in [5.74, 6) is 0.834. The van der Waals surface area contributed by atoms with Crippen LogP contribution in [0.5, 0.6) is 0 Å². The van der Waals surface area contributed by atoms with Crippen molar-refractivity contribution < 1.29 is 4.52 Å². The van der Waals surface area contributed by atoms with Gasteiger partial charge in [0.15, 0.2) is 5.96 Å². The first-order chi connectivity index (χ1) is 12.2. The molecule has 6 heteroatoms. The smallest absolute Gasteiger partial charge is 0.191 e. The van der Waals surface area contributed by atoms with Crippen LogP contribution in [0.3, 0.4) is 0 Å². The monoisotopic (exact) mass is 341 g/mol. The van der Waals surface area contributed by atoms with Gasteiger partial charge in [-0.2, -0.15) is 0 Å². The summed E-state index contributed by atoms with van der Waals surface area (Å²) in [6.07, 6.45) is 3.90. The van der Waals surface area contributed by atoms with E-state index in [1.807, 2.05) is 6.07 Å². The average molecular weight is 341 g/mol. The lowest BCUT2D eigenvalue weighted by atomic mass is 10.0. The summed E-state index contributed by atoms with van der Waals surface area (Å²) in [4.78, 5) is 7.06. The van der Waals surface area contributed by atoms with E-state index >= 15 is 0 Å². The van der Waals surface area contributed by atoms with E-state index in [1.165, 1.54) is 17.7 Å². The maximum absolute atomic E-state index is 4.86. The lowest BCUT2D eigenvalue weighted by Crippen LogP contribution is -2.51. The number of aliphatic imine (C=N–C) groups is 1. The number of anilines is 1. The van der Waals surface area contributed by atoms with Crippen molar-refractivity contribution in [1.29, 1.82) is 0 Å². The highest BCUT2D eigenvalue weighted by Crippen LogP contribution is 2.20. The van der Waals surface area contributed by atoms with Gasteiger partial charge in [0.1, 0.15) is 12.0 Å². The molecule has 0 aliphatic carbocycles. The third-order valence-corrected chi connectivity index (χ3v) is 4.40. The van der Waals surface area contributed by atoms with Crippen molar-refractivity contribution in [1.82, 2.24) is 15.8 Å². The second-order valence-electron chi connectivity index (χ2n) is 6.45. The summed E-state index contributed by atoms with van der Waals surface area (Å²) in [6, 6.07) is 11.0. The zero-order valence-electron chi connectivity index (χ0n) is 15.0. The first kappa shape index (κ1) is 17.3. The molecule has 3 rings (SSSR count). The summed E-state index contributed by atoms with van der Waals surface area (Å²) < 4.78 is 4.86. The van der Waals surface area contributed by atoms with Gasteiger partial charge < -0.3 is 20.1 Å². The molecule has 1 aliphatic rings. The summed E-state index contributed by atoms with van der Waals surface area (Å²) in [6.45, 7) is 7.63. The van der Waals surface area contributed by atoms with Gasteiger partial charge in [0.2, 0.25) is 0 Å². The van der Waals surface area contributed by atoms with E-state index in [9.17, 15) is 0 Å². The lowest BCUT2D eigenvalue weighted by molar-refractivity contribution is 0.412. The molecule has 0 spiro atoms. The number of guanidine groups is 1. The van der Waals surface area contributed by atoms with Crippen molar-refractivity contribution in [3.63, 3.8) is 0 Å². The van der Waals surface area contributed by atoms with Crippen molar-refractivity contribution in [2.45, 2.75) is 39.3 Å². The van der Waals surface area contributed by atoms with Crippen molar-refractivity contribution >= 4 is 11.6 Å². The van der Waals surface area contributed by atoms with Crippen LogP contribution in [0, 0.1) is 6.92 Å². The predicted molar refractivity (Wildman–Crippen MR) is 101 cm³/mol. The molecule has 1 atom stereocenters. The average Bonchev–Trinajstić information content (AvgIpc) is 3.14. The Morgan fingerprint density at radius 2 is 2.16 bits per heavy atom. The van der Waals surface area contributed by atoms with E-state index < -0.39 is 0 Å². The van der Waals surface area contributed by atoms with Crippen LogP contribution in [0.4, 0.5) is 5.69 Å². The van der Waals surface area contributed by atoms with Crippen LogP contribution < -0.4 is 15.5 Å². The van der Waals surface area contributed by atoms with Gasteiger partial charge in [-0.1, -0.05) is 22.9 Å². The molecular formula is C19H27N5O. The summed E-state index contributed by atoms with van der Waals surface area (Å²) in [5, 5.41) is 10.8. The Kier molecular flexibility index (Phi) is 5.93. The zero-order chi connectivity index (χ0) is 17.5. The van der Waals surface area contributed by atoms with Gasteiger partial charge >= 0.3 is 0 Å². The number of hydrogen-bond acceptors (Lipinski definition) is 4. The molecule has 0 saturated carbocycles. The van der Waals surface area contributed by atoms with E-state index in [0.29, 0.717) is 12.6 Å². The summed E-state index contributed by atoms with van der Waals surface area (Å²) >= 11 is 0. The van der Waals surface area contributed by atoms with Crippen LogP contribution >= 0.6 is 0 Å². The fraction of sp³-hybridized carbons (Fsp3) is 0.474. The van der Waals surface area contributed by atoms with Gasteiger partial charge in [-0.3, -0.25) is 0 Å². The van der Waals surface area contributed by atoms with Crippen molar-refractivity contribution in [2.24, 2.45) is 4.99 Å². The molecule has 1 fully saturated rings. The summed E-state index contributed by atoms with van der Waals surface area (Å²) in [7, 11) is 0. The van der Waals surface area contributed by atoms with Gasteiger partial charge in [0.05, 0.1) is 6.54 Å². The fourth-order valence-corrected chi connectivity index (χ4v) is 3.08. The molecule has 1 saturated heterocycles. The second kappa shape index (κ2) is 8.55. The molecule has 0 bridgehead atoms. The minimum atomic E-state index is 0.380. The quantitative estimate of drug-likeness (QED) is 0.647. The highest BCUT2D eigenvalue weighted by molar-refractivity contribution is 5.80. The molecule has 0 amide bonds. The van der Waals surface area contributed by atoms with Crippen molar-refractivity contribution in [3.05, 3.63) is 47.9 Å². The van der Waals surface area contributed by atoms with E-state index in [0.717, 1.165) is 37.7 Å². The van der Waals surface area contributed by atoms with Crippen LogP contribution in [0.1, 0.15) is 31.0 Å². The first-order valence-electron chi connectivity index (χ1n) is 9.00. The molecular weight excluding hydrogens is 314 g/mol. The van der Waals surface area contributed by atoms with E-state index in [-0.39, 0.29) is 0 Å². The Balaban J connectivity index is 1.61. The van der Waals surface area contributed by atoms with Gasteiger partial charge in [0.25, 0.3) is 0 Å². The van der Waals surface area contributed by atoms with Crippen molar-refractivity contribution in [3.8, 4) is 0 Å². The third-order valence-electron chi connectivity index (χ3n) is 4.40. The largest absolute Gasteiger partial charge is 0.369 e. The third kappa shape index (κ3) is 4.98. The molecule has 134 valence electrons. The highest BCUT2D eigenvalue weighted by Gasteiger charge is 2.21. The molecule has 2 N–H and O–H groups in total. The van der Waals surface area contributed by atoms with Gasteiger partial charge in [-0.25, -0.2) is 4.99 Å². The Bertz CT molecular complexity index is 666. The van der Waals surface area contributed by atoms with Gasteiger partial charge in [-0.05, 0) is 38.8 Å². The van der Waals surface area contributed by atoms with Crippen LogP contribution in [-0.4, -0.2) is 36.8 Å². The van der Waals surface area contributed by atoms with Crippen LogP contribution in [0.25, 0.3) is 0 Å². The molecule has 1 aromatic carbocycles. The fourth-order valence-electron chi connectivity index (χ4n) is 3.08. The molecule has 6 nitrogen and oxygen atoms in total. The molecule has 0 radical (unpaired) electrons. The van der Waals surface area contributed by atoms with E-state index in [2.05, 4.69) is 63.8 Å². The molecule has 2 heterocycles. The SMILES string of the molecule is CCNC(=NCc1ccon1)NC1CCCN(c2ccc(C)cc2)C1. The molecule has 1 aliphatic heterocycles. The van der Waals surface area contributed by atoms with Gasteiger partial charge in [0, 0.05) is 37.4 Å². The first-order valence-corrected chi connectivity index (χ1v) is 9.00. The van der Waals surface area contributed by atoms with Crippen LogP contribution in [-0.2, 0) is 6.54 Å². The topological polar surface area (TPSA) is 65.7 Å². The maximum Gasteiger partial charge on any atom is 0.191 e. The lowest BCUT2D eigenvalue weighted by Gasteiger charge is -2.35. The number of aromatic nitrogens is 1. The van der Waals surface area contributed by atoms with Gasteiger partial charge in [-0.15, -0.1) is 0 Å². The Hall–Kier alpha value is -2.50. The number of nitrogens with one attached hydrogen (secondary N) is 2.